The van der Waals surface area contributed by atoms with E-state index in [9.17, 15) is 9.59 Å². The number of piperidine rings is 1. The third-order valence-corrected chi connectivity index (χ3v) is 5.39. The molecule has 7 heteroatoms. The van der Waals surface area contributed by atoms with Crippen LogP contribution in [0.4, 0.5) is 5.69 Å². The molecule has 1 aliphatic rings. The van der Waals surface area contributed by atoms with Gasteiger partial charge in [0, 0.05) is 19.5 Å². The van der Waals surface area contributed by atoms with Crippen molar-refractivity contribution >= 4 is 29.9 Å². The van der Waals surface area contributed by atoms with Crippen LogP contribution in [0.2, 0.25) is 0 Å². The summed E-state index contributed by atoms with van der Waals surface area (Å²) in [6.07, 6.45) is 2.39. The number of nitrogens with one attached hydrogen (secondary N) is 2. The second kappa shape index (κ2) is 11.6. The number of para-hydroxylation sites is 1. The fourth-order valence-electron chi connectivity index (χ4n) is 3.63. The van der Waals surface area contributed by atoms with Crippen LogP contribution in [0.15, 0.2) is 48.5 Å². The van der Waals surface area contributed by atoms with Crippen molar-refractivity contribution in [1.82, 2.24) is 10.6 Å². The normalized spacial score (nSPS) is 13.8. The average molecular weight is 432 g/mol. The zero-order valence-corrected chi connectivity index (χ0v) is 18.3. The van der Waals surface area contributed by atoms with E-state index in [1.807, 2.05) is 42.5 Å². The van der Waals surface area contributed by atoms with E-state index in [0.29, 0.717) is 17.8 Å². The van der Waals surface area contributed by atoms with Crippen LogP contribution in [0.25, 0.3) is 0 Å². The third-order valence-electron chi connectivity index (χ3n) is 5.39. The number of amides is 2. The Labute approximate surface area is 184 Å². The van der Waals surface area contributed by atoms with Crippen molar-refractivity contribution in [3.8, 4) is 5.75 Å². The topological polar surface area (TPSA) is 70.7 Å². The summed E-state index contributed by atoms with van der Waals surface area (Å²) < 4.78 is 5.16. The van der Waals surface area contributed by atoms with Gasteiger partial charge in [-0.3, -0.25) is 9.59 Å². The lowest BCUT2D eigenvalue weighted by molar-refractivity contribution is -0.122. The number of hydrogen-bond acceptors (Lipinski definition) is 4. The quantitative estimate of drug-likeness (QED) is 0.706. The average Bonchev–Trinajstić information content (AvgIpc) is 2.79. The molecule has 0 saturated carbocycles. The maximum atomic E-state index is 12.9. The zero-order chi connectivity index (χ0) is 20.6. The summed E-state index contributed by atoms with van der Waals surface area (Å²) in [4.78, 5) is 27.3. The molecule has 0 aliphatic carbocycles. The van der Waals surface area contributed by atoms with Crippen molar-refractivity contribution in [2.75, 3.05) is 38.7 Å². The van der Waals surface area contributed by atoms with E-state index in [4.69, 9.17) is 4.74 Å². The van der Waals surface area contributed by atoms with E-state index in [1.165, 1.54) is 0 Å². The van der Waals surface area contributed by atoms with Gasteiger partial charge in [0.05, 0.1) is 18.4 Å². The Kier molecular flexibility index (Phi) is 9.15. The molecule has 3 rings (SSSR count). The molecule has 0 aromatic heterocycles. The molecule has 1 saturated heterocycles. The third kappa shape index (κ3) is 5.97. The van der Waals surface area contributed by atoms with Crippen LogP contribution in [0.1, 0.15) is 28.8 Å². The van der Waals surface area contributed by atoms with Gasteiger partial charge in [-0.05, 0) is 62.2 Å². The number of benzene rings is 2. The first-order valence-corrected chi connectivity index (χ1v) is 10.1. The van der Waals surface area contributed by atoms with Gasteiger partial charge in [-0.2, -0.15) is 0 Å². The lowest BCUT2D eigenvalue weighted by Gasteiger charge is -2.28. The minimum absolute atomic E-state index is 0. The number of carbonyl (C=O) groups excluding carboxylic acids is 2. The fourth-order valence-corrected chi connectivity index (χ4v) is 3.63. The van der Waals surface area contributed by atoms with Gasteiger partial charge in [0.15, 0.2) is 0 Å². The monoisotopic (exact) mass is 431 g/mol. The number of carbonyl (C=O) groups is 2. The highest BCUT2D eigenvalue weighted by Crippen LogP contribution is 2.23. The van der Waals surface area contributed by atoms with Crippen LogP contribution in [0, 0.1) is 5.92 Å². The highest BCUT2D eigenvalue weighted by atomic mass is 35.5. The van der Waals surface area contributed by atoms with Crippen LogP contribution in [0.3, 0.4) is 0 Å². The molecule has 2 N–H and O–H groups in total. The predicted molar refractivity (Wildman–Crippen MR) is 122 cm³/mol. The van der Waals surface area contributed by atoms with Gasteiger partial charge in [0.1, 0.15) is 5.75 Å². The molecule has 30 heavy (non-hydrogen) atoms. The second-order valence-electron chi connectivity index (χ2n) is 7.29. The van der Waals surface area contributed by atoms with Gasteiger partial charge >= 0.3 is 0 Å². The molecule has 0 bridgehead atoms. The molecule has 2 aromatic carbocycles. The Bertz CT molecular complexity index is 836. The maximum absolute atomic E-state index is 12.9. The van der Waals surface area contributed by atoms with Crippen LogP contribution in [-0.4, -0.2) is 45.6 Å². The minimum atomic E-state index is -0.168. The Morgan fingerprint density at radius 2 is 1.77 bits per heavy atom. The first kappa shape index (κ1) is 23.7. The molecule has 162 valence electrons. The Morgan fingerprint density at radius 3 is 2.43 bits per heavy atom. The Morgan fingerprint density at radius 1 is 1.10 bits per heavy atom. The molecular weight excluding hydrogens is 402 g/mol. The van der Waals surface area contributed by atoms with Gasteiger partial charge < -0.3 is 20.3 Å². The zero-order valence-electron chi connectivity index (χ0n) is 17.5. The van der Waals surface area contributed by atoms with Gasteiger partial charge in [0.2, 0.25) is 5.91 Å². The van der Waals surface area contributed by atoms with Gasteiger partial charge in [-0.1, -0.05) is 24.3 Å². The van der Waals surface area contributed by atoms with E-state index < -0.39 is 0 Å². The summed E-state index contributed by atoms with van der Waals surface area (Å²) in [7, 11) is 3.40. The summed E-state index contributed by atoms with van der Waals surface area (Å²) in [6.45, 7) is 2.24. The standard InChI is InChI=1S/C23H29N3O3.ClH/c1-26(23(28)18-12-14-24-15-13-18)21-6-4-3-5-20(21)22(27)25-16-11-17-7-9-19(29-2)10-8-17;/h3-10,18,24H,11-16H2,1-2H3,(H,25,27);1H. The van der Waals surface area contributed by atoms with E-state index >= 15 is 0 Å². The highest BCUT2D eigenvalue weighted by molar-refractivity contribution is 6.05. The van der Waals surface area contributed by atoms with Gasteiger partial charge in [0.25, 0.3) is 5.91 Å². The number of methoxy groups -OCH3 is 1. The van der Waals surface area contributed by atoms with Crippen molar-refractivity contribution in [3.63, 3.8) is 0 Å². The second-order valence-corrected chi connectivity index (χ2v) is 7.29. The number of halogens is 1. The lowest BCUT2D eigenvalue weighted by atomic mass is 9.96. The minimum Gasteiger partial charge on any atom is -0.497 e. The molecule has 1 fully saturated rings. The van der Waals surface area contributed by atoms with Crippen LogP contribution >= 0.6 is 12.4 Å². The largest absolute Gasteiger partial charge is 0.497 e. The Balaban J connectivity index is 0.00000320. The smallest absolute Gasteiger partial charge is 0.253 e. The number of anilines is 1. The van der Waals surface area contributed by atoms with Crippen molar-refractivity contribution in [2.45, 2.75) is 19.3 Å². The summed E-state index contributed by atoms with van der Waals surface area (Å²) in [5.74, 6) is 0.727. The molecule has 2 amide bonds. The molecule has 1 heterocycles. The molecular formula is C23H30ClN3O3. The summed E-state index contributed by atoms with van der Waals surface area (Å²) >= 11 is 0. The molecule has 1 aliphatic heterocycles. The van der Waals surface area contributed by atoms with Gasteiger partial charge in [-0.15, -0.1) is 12.4 Å². The van der Waals surface area contributed by atoms with Crippen molar-refractivity contribution < 1.29 is 14.3 Å². The summed E-state index contributed by atoms with van der Waals surface area (Å²) in [5.41, 5.74) is 2.29. The molecule has 0 spiro atoms. The predicted octanol–water partition coefficient (Wildman–Crippen LogP) is 3.05. The molecule has 6 nitrogen and oxygen atoms in total. The number of rotatable bonds is 7. The molecule has 2 aromatic rings. The fraction of sp³-hybridized carbons (Fsp3) is 0.391. The molecule has 0 unspecified atom stereocenters. The van der Waals surface area contributed by atoms with E-state index in [2.05, 4.69) is 10.6 Å². The molecule has 0 atom stereocenters. The van der Waals surface area contributed by atoms with E-state index in [0.717, 1.165) is 43.7 Å². The molecule has 0 radical (unpaired) electrons. The SMILES string of the molecule is COc1ccc(CCNC(=O)c2ccccc2N(C)C(=O)C2CCNCC2)cc1.Cl. The van der Waals surface area contributed by atoms with Crippen molar-refractivity contribution in [1.29, 1.82) is 0 Å². The maximum Gasteiger partial charge on any atom is 0.253 e. The van der Waals surface area contributed by atoms with Crippen LogP contribution in [-0.2, 0) is 11.2 Å². The number of ether oxygens (including phenoxy) is 1. The first-order chi connectivity index (χ1) is 14.1. The number of nitrogens with zero attached hydrogens (tertiary/aromatic N) is 1. The van der Waals surface area contributed by atoms with Crippen molar-refractivity contribution in [2.24, 2.45) is 5.92 Å². The van der Waals surface area contributed by atoms with Crippen LogP contribution in [0.5, 0.6) is 5.75 Å². The van der Waals surface area contributed by atoms with Gasteiger partial charge in [-0.25, -0.2) is 0 Å². The Hall–Kier alpha value is -2.57. The summed E-state index contributed by atoms with van der Waals surface area (Å²) in [6, 6.07) is 15.1. The van der Waals surface area contributed by atoms with Crippen LogP contribution < -0.4 is 20.3 Å². The van der Waals surface area contributed by atoms with E-state index in [-0.39, 0.29) is 30.1 Å². The lowest BCUT2D eigenvalue weighted by Crippen LogP contribution is -2.40. The van der Waals surface area contributed by atoms with Crippen molar-refractivity contribution in [3.05, 3.63) is 59.7 Å². The number of hydrogen-bond donors (Lipinski definition) is 2. The highest BCUT2D eigenvalue weighted by Gasteiger charge is 2.26. The van der Waals surface area contributed by atoms with E-state index in [1.54, 1.807) is 25.1 Å². The summed E-state index contributed by atoms with van der Waals surface area (Å²) in [5, 5.41) is 6.25. The first-order valence-electron chi connectivity index (χ1n) is 10.1.